The molecule has 2 saturated heterocycles. The van der Waals surface area contributed by atoms with Crippen LogP contribution >= 0.6 is 11.6 Å². The fourth-order valence-electron chi connectivity index (χ4n) is 4.95. The zero-order valence-corrected chi connectivity index (χ0v) is 20.6. The number of anilines is 1. The van der Waals surface area contributed by atoms with Gasteiger partial charge in [0.25, 0.3) is 0 Å². The van der Waals surface area contributed by atoms with Crippen LogP contribution in [0.25, 0.3) is 0 Å². The number of carbonyl (C=O) groups excluding carboxylic acids is 2. The fraction of sp³-hybridized carbons (Fsp3) is 0.500. The maximum atomic E-state index is 13.1. The number of ether oxygens (including phenoxy) is 5. The number of nitrogens with zero attached hydrogens (tertiary/aromatic N) is 1. The molecule has 1 aromatic carbocycles. The van der Waals surface area contributed by atoms with Gasteiger partial charge in [-0.2, -0.15) is 0 Å². The zero-order valence-electron chi connectivity index (χ0n) is 19.8. The summed E-state index contributed by atoms with van der Waals surface area (Å²) >= 11 is 6.06. The van der Waals surface area contributed by atoms with E-state index in [1.54, 1.807) is 56.9 Å². The Morgan fingerprint density at radius 2 is 1.50 bits per heavy atom. The second-order valence-corrected chi connectivity index (χ2v) is 9.27. The molecule has 3 aliphatic rings. The zero-order chi connectivity index (χ0) is 24.9. The molecule has 0 bridgehead atoms. The van der Waals surface area contributed by atoms with E-state index in [1.807, 2.05) is 0 Å². The summed E-state index contributed by atoms with van der Waals surface area (Å²) in [5.74, 6) is -3.25. The number of aliphatic hydroxyl groups excluding tert-OH is 1. The lowest BCUT2D eigenvalue weighted by molar-refractivity contribution is -0.218. The molecule has 184 valence electrons. The standard InChI is InChI=1S/C24H28ClNO8/c1-11-15(21(28)30-5)17(19-18(27)20-23(32-19)34-24(3,4)33-20)16(22(29)31-6)12(2)26(11)14-9-7-13(25)8-10-14/h7-10,17-20,23,27H,1-6H3/t18-,19+,20+,23+/m1/s1. The molecular weight excluding hydrogens is 466 g/mol. The minimum absolute atomic E-state index is 0.159. The summed E-state index contributed by atoms with van der Waals surface area (Å²) in [5.41, 5.74) is 2.02. The molecule has 4 atom stereocenters. The number of rotatable bonds is 4. The van der Waals surface area contributed by atoms with E-state index in [9.17, 15) is 14.7 Å². The third-order valence-electron chi connectivity index (χ3n) is 6.35. The highest BCUT2D eigenvalue weighted by Gasteiger charge is 2.59. The summed E-state index contributed by atoms with van der Waals surface area (Å²) in [6.45, 7) is 6.91. The highest BCUT2D eigenvalue weighted by molar-refractivity contribution is 6.30. The van der Waals surface area contributed by atoms with Crippen LogP contribution in [0.15, 0.2) is 46.8 Å². The van der Waals surface area contributed by atoms with Crippen molar-refractivity contribution in [3.05, 3.63) is 51.8 Å². The molecule has 10 heteroatoms. The van der Waals surface area contributed by atoms with Crippen LogP contribution in [0.2, 0.25) is 5.02 Å². The SMILES string of the molecule is COC(=O)C1=C(C)N(c2ccc(Cl)cc2)C(C)=C(C(=O)OC)C1[C@@H]1O[C@H]2OC(C)(C)O[C@H]2[C@@H]1O. The summed E-state index contributed by atoms with van der Waals surface area (Å²) in [7, 11) is 2.51. The molecule has 3 aliphatic heterocycles. The van der Waals surface area contributed by atoms with Crippen molar-refractivity contribution in [2.75, 3.05) is 19.1 Å². The van der Waals surface area contributed by atoms with Crippen molar-refractivity contribution in [2.45, 2.75) is 58.1 Å². The topological polar surface area (TPSA) is 104 Å². The van der Waals surface area contributed by atoms with Crippen molar-refractivity contribution >= 4 is 29.2 Å². The Bertz CT molecular complexity index is 1020. The van der Waals surface area contributed by atoms with Crippen molar-refractivity contribution in [2.24, 2.45) is 5.92 Å². The largest absolute Gasteiger partial charge is 0.466 e. The normalized spacial score (nSPS) is 28.9. The summed E-state index contributed by atoms with van der Waals surface area (Å²) in [6, 6.07) is 6.96. The predicted molar refractivity (Wildman–Crippen MR) is 122 cm³/mol. The molecule has 0 amide bonds. The smallest absolute Gasteiger partial charge is 0.336 e. The minimum atomic E-state index is -1.18. The molecule has 4 rings (SSSR count). The van der Waals surface area contributed by atoms with E-state index in [0.717, 1.165) is 0 Å². The molecular formula is C24H28ClNO8. The van der Waals surface area contributed by atoms with Crippen LogP contribution in [0.3, 0.4) is 0 Å². The average Bonchev–Trinajstić information content (AvgIpc) is 3.25. The first kappa shape index (κ1) is 24.7. The minimum Gasteiger partial charge on any atom is -0.466 e. The number of benzene rings is 1. The number of aliphatic hydroxyl groups is 1. The summed E-state index contributed by atoms with van der Waals surface area (Å²) in [6.07, 6.45) is -3.85. The molecule has 0 spiro atoms. The molecule has 34 heavy (non-hydrogen) atoms. The predicted octanol–water partition coefficient (Wildman–Crippen LogP) is 2.91. The fourth-order valence-corrected chi connectivity index (χ4v) is 5.08. The molecule has 1 N–H and O–H groups in total. The van der Waals surface area contributed by atoms with Gasteiger partial charge in [-0.05, 0) is 52.0 Å². The summed E-state index contributed by atoms with van der Waals surface area (Å²) in [5, 5.41) is 11.7. The van der Waals surface area contributed by atoms with E-state index in [1.165, 1.54) is 14.2 Å². The van der Waals surface area contributed by atoms with Crippen molar-refractivity contribution < 1.29 is 38.4 Å². The number of esters is 2. The van der Waals surface area contributed by atoms with Crippen molar-refractivity contribution in [3.63, 3.8) is 0 Å². The second kappa shape index (κ2) is 8.98. The van der Waals surface area contributed by atoms with E-state index in [4.69, 9.17) is 35.3 Å². The van der Waals surface area contributed by atoms with Gasteiger partial charge in [0.05, 0.1) is 31.3 Å². The Morgan fingerprint density at radius 3 is 1.97 bits per heavy atom. The lowest BCUT2D eigenvalue weighted by atomic mass is 9.78. The number of allylic oxidation sites excluding steroid dienone is 2. The van der Waals surface area contributed by atoms with Crippen molar-refractivity contribution in [1.29, 1.82) is 0 Å². The molecule has 0 unspecified atom stereocenters. The molecule has 9 nitrogen and oxygen atoms in total. The van der Waals surface area contributed by atoms with Gasteiger partial charge in [0, 0.05) is 22.1 Å². The average molecular weight is 494 g/mol. The Kier molecular flexibility index (Phi) is 6.52. The Balaban J connectivity index is 1.86. The number of hydrogen-bond acceptors (Lipinski definition) is 9. The molecule has 0 saturated carbocycles. The maximum Gasteiger partial charge on any atom is 0.336 e. The first-order valence-corrected chi connectivity index (χ1v) is 11.2. The Morgan fingerprint density at radius 1 is 0.971 bits per heavy atom. The van der Waals surface area contributed by atoms with E-state index in [2.05, 4.69) is 0 Å². The number of hydrogen-bond donors (Lipinski definition) is 1. The van der Waals surface area contributed by atoms with Gasteiger partial charge in [-0.25, -0.2) is 9.59 Å². The highest BCUT2D eigenvalue weighted by Crippen LogP contribution is 2.47. The summed E-state index contributed by atoms with van der Waals surface area (Å²) in [4.78, 5) is 27.9. The molecule has 3 heterocycles. The number of fused-ring (bicyclic) bond motifs is 1. The van der Waals surface area contributed by atoms with Crippen LogP contribution < -0.4 is 4.90 Å². The first-order chi connectivity index (χ1) is 16.0. The molecule has 1 aromatic rings. The second-order valence-electron chi connectivity index (χ2n) is 8.83. The number of halogens is 1. The van der Waals surface area contributed by atoms with Gasteiger partial charge in [-0.1, -0.05) is 11.6 Å². The van der Waals surface area contributed by atoms with Gasteiger partial charge in [0.2, 0.25) is 0 Å². The van der Waals surface area contributed by atoms with Gasteiger partial charge in [-0.15, -0.1) is 0 Å². The van der Waals surface area contributed by atoms with Gasteiger partial charge < -0.3 is 33.7 Å². The van der Waals surface area contributed by atoms with Crippen LogP contribution in [0.1, 0.15) is 27.7 Å². The Labute approximate surface area is 202 Å². The first-order valence-electron chi connectivity index (χ1n) is 10.8. The quantitative estimate of drug-likeness (QED) is 0.634. The maximum absolute atomic E-state index is 13.1. The molecule has 2 fully saturated rings. The lowest BCUT2D eigenvalue weighted by Crippen LogP contribution is -2.46. The molecule has 0 radical (unpaired) electrons. The van der Waals surface area contributed by atoms with Crippen molar-refractivity contribution in [3.8, 4) is 0 Å². The van der Waals surface area contributed by atoms with Gasteiger partial charge in [0.15, 0.2) is 12.1 Å². The van der Waals surface area contributed by atoms with E-state index in [-0.39, 0.29) is 11.1 Å². The van der Waals surface area contributed by atoms with Crippen LogP contribution in [0.5, 0.6) is 0 Å². The number of carbonyl (C=O) groups is 2. The van der Waals surface area contributed by atoms with E-state index in [0.29, 0.717) is 22.1 Å². The van der Waals surface area contributed by atoms with E-state index < -0.39 is 48.2 Å². The van der Waals surface area contributed by atoms with Crippen LogP contribution in [0.4, 0.5) is 5.69 Å². The van der Waals surface area contributed by atoms with Crippen LogP contribution in [-0.2, 0) is 33.3 Å². The summed E-state index contributed by atoms with van der Waals surface area (Å²) < 4.78 is 27.8. The third kappa shape index (κ3) is 4.01. The van der Waals surface area contributed by atoms with Crippen LogP contribution in [0, 0.1) is 5.92 Å². The third-order valence-corrected chi connectivity index (χ3v) is 6.60. The van der Waals surface area contributed by atoms with Gasteiger partial charge in [-0.3, -0.25) is 0 Å². The van der Waals surface area contributed by atoms with Gasteiger partial charge >= 0.3 is 11.9 Å². The van der Waals surface area contributed by atoms with Crippen LogP contribution in [-0.4, -0.2) is 61.7 Å². The highest BCUT2D eigenvalue weighted by atomic mass is 35.5. The van der Waals surface area contributed by atoms with Crippen molar-refractivity contribution in [1.82, 2.24) is 0 Å². The van der Waals surface area contributed by atoms with Gasteiger partial charge in [0.1, 0.15) is 18.3 Å². The monoisotopic (exact) mass is 493 g/mol. The number of methoxy groups -OCH3 is 2. The molecule has 0 aliphatic carbocycles. The lowest BCUT2D eigenvalue weighted by Gasteiger charge is -2.40. The van der Waals surface area contributed by atoms with E-state index >= 15 is 0 Å². The Hall–Kier alpha value is -2.43. The molecule has 0 aromatic heterocycles.